The van der Waals surface area contributed by atoms with Gasteiger partial charge in [-0.05, 0) is 37.0 Å². The molecular weight excluding hydrogens is 366 g/mol. The van der Waals surface area contributed by atoms with Gasteiger partial charge in [0, 0.05) is 50.1 Å². The number of aromatic nitrogens is 1. The zero-order chi connectivity index (χ0) is 18.2. The Kier molecular flexibility index (Phi) is 7.14. The van der Waals surface area contributed by atoms with Crippen LogP contribution in [0, 0.1) is 0 Å². The molecule has 2 aromatic rings. The molecule has 5 nitrogen and oxygen atoms in total. The molecule has 1 fully saturated rings. The molecule has 3 rings (SSSR count). The van der Waals surface area contributed by atoms with Crippen molar-refractivity contribution in [3.63, 3.8) is 0 Å². The minimum Gasteiger partial charge on any atom is -0.356 e. The first-order chi connectivity index (χ1) is 12.7. The summed E-state index contributed by atoms with van der Waals surface area (Å²) in [6, 6.07) is 7.96. The quantitative estimate of drug-likeness (QED) is 0.561. The van der Waals surface area contributed by atoms with E-state index < -0.39 is 0 Å². The first kappa shape index (κ1) is 19.0. The van der Waals surface area contributed by atoms with Crippen LogP contribution in [0.2, 0.25) is 5.02 Å². The fourth-order valence-corrected chi connectivity index (χ4v) is 4.01. The van der Waals surface area contributed by atoms with E-state index in [0.29, 0.717) is 0 Å². The van der Waals surface area contributed by atoms with Crippen molar-refractivity contribution < 1.29 is 0 Å². The van der Waals surface area contributed by atoms with Crippen molar-refractivity contribution in [2.24, 2.45) is 4.99 Å². The number of thiazole rings is 1. The molecule has 0 amide bonds. The molecule has 2 N–H and O–H groups in total. The molecule has 0 atom stereocenters. The molecule has 1 aliphatic rings. The molecule has 7 heteroatoms. The number of benzene rings is 1. The van der Waals surface area contributed by atoms with Crippen molar-refractivity contribution >= 4 is 34.0 Å². The van der Waals surface area contributed by atoms with Gasteiger partial charge in [-0.15, -0.1) is 11.3 Å². The Hall–Kier alpha value is -1.79. The highest BCUT2D eigenvalue weighted by Gasteiger charge is 2.15. The first-order valence-corrected chi connectivity index (χ1v) is 10.4. The second kappa shape index (κ2) is 9.78. The molecule has 140 valence electrons. The van der Waals surface area contributed by atoms with E-state index in [1.54, 1.807) is 18.4 Å². The van der Waals surface area contributed by atoms with Gasteiger partial charge in [0.2, 0.25) is 0 Å². The lowest BCUT2D eigenvalue weighted by molar-refractivity contribution is 0.777. The lowest BCUT2D eigenvalue weighted by atomic mass is 10.1. The molecule has 0 radical (unpaired) electrons. The Balaban J connectivity index is 1.36. The predicted molar refractivity (Wildman–Crippen MR) is 112 cm³/mol. The Morgan fingerprint density at radius 3 is 2.54 bits per heavy atom. The second-order valence-corrected chi connectivity index (χ2v) is 7.64. The number of nitrogens with one attached hydrogen (secondary N) is 2. The molecule has 0 spiro atoms. The summed E-state index contributed by atoms with van der Waals surface area (Å²) in [5.41, 5.74) is 2.41. The lowest BCUT2D eigenvalue weighted by Crippen LogP contribution is -2.39. The fourth-order valence-electron chi connectivity index (χ4n) is 2.97. The molecule has 1 aromatic carbocycles. The maximum Gasteiger partial charge on any atom is 0.190 e. The van der Waals surface area contributed by atoms with Crippen LogP contribution in [0.3, 0.4) is 0 Å². The van der Waals surface area contributed by atoms with Crippen LogP contribution in [-0.2, 0) is 12.8 Å². The van der Waals surface area contributed by atoms with Crippen LogP contribution in [-0.4, -0.2) is 44.2 Å². The molecule has 0 unspecified atom stereocenters. The standard InChI is InChI=1S/C19H26ClN5S/c1-21-18(22-10-8-15-4-6-16(20)7-5-15)23-11-9-17-14-26-19(24-17)25-12-2-3-13-25/h4-7,14H,2-3,8-13H2,1H3,(H2,21,22,23). The highest BCUT2D eigenvalue weighted by molar-refractivity contribution is 7.13. The number of hydrogen-bond acceptors (Lipinski definition) is 4. The molecule has 2 heterocycles. The van der Waals surface area contributed by atoms with Crippen LogP contribution < -0.4 is 15.5 Å². The topological polar surface area (TPSA) is 52.6 Å². The number of aliphatic imine (C=N–C) groups is 1. The van der Waals surface area contributed by atoms with Gasteiger partial charge >= 0.3 is 0 Å². The van der Waals surface area contributed by atoms with Gasteiger partial charge in [0.25, 0.3) is 0 Å². The van der Waals surface area contributed by atoms with E-state index in [9.17, 15) is 0 Å². The third kappa shape index (κ3) is 5.61. The van der Waals surface area contributed by atoms with E-state index in [0.717, 1.165) is 55.7 Å². The second-order valence-electron chi connectivity index (χ2n) is 6.37. The summed E-state index contributed by atoms with van der Waals surface area (Å²) in [5.74, 6) is 0.828. The van der Waals surface area contributed by atoms with Gasteiger partial charge in [-0.2, -0.15) is 0 Å². The number of rotatable bonds is 7. The Morgan fingerprint density at radius 2 is 1.85 bits per heavy atom. The van der Waals surface area contributed by atoms with Crippen LogP contribution in [0.4, 0.5) is 5.13 Å². The van der Waals surface area contributed by atoms with Gasteiger partial charge in [-0.1, -0.05) is 23.7 Å². The van der Waals surface area contributed by atoms with Crippen molar-refractivity contribution in [1.29, 1.82) is 0 Å². The highest BCUT2D eigenvalue weighted by Crippen LogP contribution is 2.24. The van der Waals surface area contributed by atoms with Gasteiger partial charge < -0.3 is 15.5 Å². The van der Waals surface area contributed by atoms with Crippen LogP contribution in [0.1, 0.15) is 24.1 Å². The van der Waals surface area contributed by atoms with Crippen molar-refractivity contribution in [2.45, 2.75) is 25.7 Å². The number of hydrogen-bond donors (Lipinski definition) is 2. The van der Waals surface area contributed by atoms with Crippen LogP contribution in [0.5, 0.6) is 0 Å². The van der Waals surface area contributed by atoms with Crippen LogP contribution in [0.15, 0.2) is 34.6 Å². The van der Waals surface area contributed by atoms with E-state index in [1.165, 1.54) is 23.5 Å². The predicted octanol–water partition coefficient (Wildman–Crippen LogP) is 3.35. The molecule has 0 saturated carbocycles. The third-order valence-corrected chi connectivity index (χ3v) is 5.63. The maximum absolute atomic E-state index is 5.91. The number of anilines is 1. The van der Waals surface area contributed by atoms with E-state index >= 15 is 0 Å². The van der Waals surface area contributed by atoms with Gasteiger partial charge in [-0.3, -0.25) is 4.99 Å². The van der Waals surface area contributed by atoms with Gasteiger partial charge in [0.05, 0.1) is 5.69 Å². The number of halogens is 1. The van der Waals surface area contributed by atoms with Crippen molar-refractivity contribution in [2.75, 3.05) is 38.1 Å². The minimum absolute atomic E-state index is 0.772. The van der Waals surface area contributed by atoms with Crippen LogP contribution in [0.25, 0.3) is 0 Å². The molecule has 1 saturated heterocycles. The fraction of sp³-hybridized carbons (Fsp3) is 0.474. The monoisotopic (exact) mass is 391 g/mol. The van der Waals surface area contributed by atoms with E-state index in [1.807, 2.05) is 12.1 Å². The number of nitrogens with zero attached hydrogens (tertiary/aromatic N) is 3. The van der Waals surface area contributed by atoms with E-state index in [-0.39, 0.29) is 0 Å². The smallest absolute Gasteiger partial charge is 0.190 e. The molecule has 0 aliphatic carbocycles. The van der Waals surface area contributed by atoms with Crippen molar-refractivity contribution in [3.8, 4) is 0 Å². The minimum atomic E-state index is 0.772. The average Bonchev–Trinajstić information content (AvgIpc) is 3.33. The van der Waals surface area contributed by atoms with Gasteiger partial charge in [0.1, 0.15) is 0 Å². The van der Waals surface area contributed by atoms with Crippen molar-refractivity contribution in [1.82, 2.24) is 15.6 Å². The normalized spacial score (nSPS) is 14.7. The Labute approximate surface area is 164 Å². The summed E-state index contributed by atoms with van der Waals surface area (Å²) in [6.45, 7) is 3.95. The van der Waals surface area contributed by atoms with E-state index in [2.05, 4.69) is 38.0 Å². The zero-order valence-corrected chi connectivity index (χ0v) is 16.7. The summed E-state index contributed by atoms with van der Waals surface area (Å²) in [5, 5.41) is 10.8. The molecule has 1 aromatic heterocycles. The summed E-state index contributed by atoms with van der Waals surface area (Å²) in [7, 11) is 1.80. The van der Waals surface area contributed by atoms with Crippen LogP contribution >= 0.6 is 22.9 Å². The number of guanidine groups is 1. The van der Waals surface area contributed by atoms with Crippen molar-refractivity contribution in [3.05, 3.63) is 45.9 Å². The maximum atomic E-state index is 5.91. The van der Waals surface area contributed by atoms with Gasteiger partial charge in [-0.25, -0.2) is 4.98 Å². The SMILES string of the molecule is CN=C(NCCc1ccc(Cl)cc1)NCCc1csc(N2CCCC2)n1. The van der Waals surface area contributed by atoms with Gasteiger partial charge in [0.15, 0.2) is 11.1 Å². The molecule has 26 heavy (non-hydrogen) atoms. The summed E-state index contributed by atoms with van der Waals surface area (Å²) >= 11 is 7.67. The largest absolute Gasteiger partial charge is 0.356 e. The summed E-state index contributed by atoms with van der Waals surface area (Å²) in [6.07, 6.45) is 4.41. The Bertz CT molecular complexity index is 707. The summed E-state index contributed by atoms with van der Waals surface area (Å²) < 4.78 is 0. The molecular formula is C19H26ClN5S. The third-order valence-electron chi connectivity index (χ3n) is 4.43. The summed E-state index contributed by atoms with van der Waals surface area (Å²) in [4.78, 5) is 11.4. The Morgan fingerprint density at radius 1 is 1.15 bits per heavy atom. The average molecular weight is 392 g/mol. The first-order valence-electron chi connectivity index (χ1n) is 9.13. The molecule has 0 bridgehead atoms. The van der Waals surface area contributed by atoms with E-state index in [4.69, 9.17) is 16.6 Å². The highest BCUT2D eigenvalue weighted by atomic mass is 35.5. The molecule has 1 aliphatic heterocycles. The zero-order valence-electron chi connectivity index (χ0n) is 15.2. The lowest BCUT2D eigenvalue weighted by Gasteiger charge is -2.12.